The highest BCUT2D eigenvalue weighted by Crippen LogP contribution is 2.37. The van der Waals surface area contributed by atoms with Gasteiger partial charge in [0.1, 0.15) is 11.7 Å². The van der Waals surface area contributed by atoms with Crippen molar-refractivity contribution in [1.82, 2.24) is 14.9 Å². The van der Waals surface area contributed by atoms with Crippen LogP contribution < -0.4 is 10.7 Å². The summed E-state index contributed by atoms with van der Waals surface area (Å²) in [6, 6.07) is 14.5. The molecule has 0 bridgehead atoms. The average Bonchev–Trinajstić information content (AvgIpc) is 3.17. The van der Waals surface area contributed by atoms with E-state index in [-0.39, 0.29) is 11.3 Å². The van der Waals surface area contributed by atoms with Crippen molar-refractivity contribution in [2.75, 3.05) is 10.7 Å². The first-order valence-corrected chi connectivity index (χ1v) is 8.45. The Morgan fingerprint density at radius 1 is 1.25 bits per heavy atom. The zero-order chi connectivity index (χ0) is 16.5. The molecule has 2 N–H and O–H groups in total. The minimum absolute atomic E-state index is 0.0770. The molecule has 2 heterocycles. The number of amides is 1. The fraction of sp³-hybridized carbons (Fsp3) is 0.0625. The minimum Gasteiger partial charge on any atom is -0.322 e. The van der Waals surface area contributed by atoms with Crippen molar-refractivity contribution in [3.8, 4) is 0 Å². The summed E-state index contributed by atoms with van der Waals surface area (Å²) in [5.41, 5.74) is 5.62. The van der Waals surface area contributed by atoms with Crippen LogP contribution in [-0.4, -0.2) is 20.8 Å². The third-order valence-electron chi connectivity index (χ3n) is 3.55. The predicted molar refractivity (Wildman–Crippen MR) is 93.8 cm³/mol. The zero-order valence-corrected chi connectivity index (χ0v) is 13.9. The molecule has 1 aliphatic rings. The summed E-state index contributed by atoms with van der Waals surface area (Å²) in [6.07, 6.45) is 1.64. The van der Waals surface area contributed by atoms with E-state index in [1.165, 1.54) is 0 Å². The summed E-state index contributed by atoms with van der Waals surface area (Å²) in [7, 11) is 0. The van der Waals surface area contributed by atoms with Crippen molar-refractivity contribution < 1.29 is 4.79 Å². The maximum absolute atomic E-state index is 12.2. The summed E-state index contributed by atoms with van der Waals surface area (Å²) in [6.45, 7) is 0. The smallest absolute Gasteiger partial charge is 0.255 e. The van der Waals surface area contributed by atoms with Crippen LogP contribution in [0.3, 0.4) is 0 Å². The number of rotatable bonds is 3. The number of halogens is 1. The highest BCUT2D eigenvalue weighted by atomic mass is 35.5. The van der Waals surface area contributed by atoms with Gasteiger partial charge in [0.2, 0.25) is 5.16 Å². The lowest BCUT2D eigenvalue weighted by Crippen LogP contribution is -2.13. The van der Waals surface area contributed by atoms with Crippen molar-refractivity contribution in [3.05, 3.63) is 71.0 Å². The van der Waals surface area contributed by atoms with Crippen molar-refractivity contribution in [2.45, 2.75) is 10.5 Å². The molecule has 0 spiro atoms. The van der Waals surface area contributed by atoms with E-state index in [0.717, 1.165) is 16.4 Å². The van der Waals surface area contributed by atoms with Crippen LogP contribution in [0, 0.1) is 0 Å². The van der Waals surface area contributed by atoms with E-state index in [0.29, 0.717) is 10.6 Å². The molecule has 0 saturated carbocycles. The second-order valence-electron chi connectivity index (χ2n) is 5.20. The summed E-state index contributed by atoms with van der Waals surface area (Å²) in [4.78, 5) is 12.2. The van der Waals surface area contributed by atoms with Gasteiger partial charge in [-0.05, 0) is 35.9 Å². The number of nitrogens with zero attached hydrogens (tertiary/aromatic N) is 3. The molecular formula is C16H12ClN5OS. The molecule has 1 aromatic heterocycles. The van der Waals surface area contributed by atoms with Crippen LogP contribution in [0.25, 0.3) is 0 Å². The molecular weight excluding hydrogens is 346 g/mol. The highest BCUT2D eigenvalue weighted by molar-refractivity contribution is 7.99. The lowest BCUT2D eigenvalue weighted by molar-refractivity contribution is 0.102. The van der Waals surface area contributed by atoms with E-state index in [1.54, 1.807) is 47.0 Å². The Kier molecular flexibility index (Phi) is 3.87. The lowest BCUT2D eigenvalue weighted by atomic mass is 10.2. The first-order chi connectivity index (χ1) is 11.7. The van der Waals surface area contributed by atoms with Crippen LogP contribution in [0.4, 0.5) is 5.69 Å². The molecule has 0 fully saturated rings. The molecule has 1 amide bonds. The highest BCUT2D eigenvalue weighted by Gasteiger charge is 2.24. The monoisotopic (exact) mass is 357 g/mol. The molecule has 3 aromatic rings. The minimum atomic E-state index is -0.190. The van der Waals surface area contributed by atoms with Crippen LogP contribution >= 0.6 is 23.4 Å². The van der Waals surface area contributed by atoms with Crippen LogP contribution in [0.2, 0.25) is 5.02 Å². The number of carbonyl (C=O) groups is 1. The summed E-state index contributed by atoms with van der Waals surface area (Å²) in [5.74, 6) is -0.190. The lowest BCUT2D eigenvalue weighted by Gasteiger charge is -2.12. The first-order valence-electron chi connectivity index (χ1n) is 7.19. The van der Waals surface area contributed by atoms with E-state index >= 15 is 0 Å². The molecule has 8 heteroatoms. The van der Waals surface area contributed by atoms with Crippen LogP contribution in [0.1, 0.15) is 21.3 Å². The number of anilines is 1. The Labute approximate surface area is 147 Å². The van der Waals surface area contributed by atoms with Crippen LogP contribution in [-0.2, 0) is 0 Å². The Bertz CT molecular complexity index is 875. The van der Waals surface area contributed by atoms with E-state index in [9.17, 15) is 4.79 Å². The second-order valence-corrected chi connectivity index (χ2v) is 6.71. The second kappa shape index (κ2) is 6.18. The van der Waals surface area contributed by atoms with E-state index in [1.807, 2.05) is 24.3 Å². The van der Waals surface area contributed by atoms with Gasteiger partial charge in [0.25, 0.3) is 5.91 Å². The molecule has 1 aliphatic heterocycles. The fourth-order valence-electron chi connectivity index (χ4n) is 2.37. The van der Waals surface area contributed by atoms with Crippen molar-refractivity contribution >= 4 is 35.0 Å². The first kappa shape index (κ1) is 15.0. The van der Waals surface area contributed by atoms with Gasteiger partial charge in [-0.3, -0.25) is 4.79 Å². The van der Waals surface area contributed by atoms with Crippen LogP contribution in [0.5, 0.6) is 0 Å². The molecule has 2 aromatic carbocycles. The molecule has 4 rings (SSSR count). The average molecular weight is 358 g/mol. The number of hydrogen-bond acceptors (Lipinski definition) is 5. The van der Waals surface area contributed by atoms with Gasteiger partial charge in [0.05, 0.1) is 0 Å². The Morgan fingerprint density at radius 3 is 2.83 bits per heavy atom. The molecule has 120 valence electrons. The largest absolute Gasteiger partial charge is 0.322 e. The summed E-state index contributed by atoms with van der Waals surface area (Å²) in [5, 5.41) is 12.2. The maximum Gasteiger partial charge on any atom is 0.255 e. The van der Waals surface area contributed by atoms with Crippen LogP contribution in [0.15, 0.2) is 60.0 Å². The molecule has 1 atom stereocenters. The standard InChI is InChI=1S/C16H12ClN5OS/c17-12-3-1-2-11(8-12)14(23)19-13-6-4-10(5-7-13)15-21-22-9-18-20-16(22)24-15/h1-9,15,21H,(H,19,23)/t15-/m1/s1. The maximum atomic E-state index is 12.2. The number of fused-ring (bicyclic) bond motifs is 1. The number of nitrogens with one attached hydrogen (secondary N) is 2. The van der Waals surface area contributed by atoms with Gasteiger partial charge in [0.15, 0.2) is 0 Å². The van der Waals surface area contributed by atoms with E-state index < -0.39 is 0 Å². The predicted octanol–water partition coefficient (Wildman–Crippen LogP) is 3.53. The van der Waals surface area contributed by atoms with Gasteiger partial charge in [-0.2, -0.15) is 0 Å². The number of thioether (sulfide) groups is 1. The molecule has 6 nitrogen and oxygen atoms in total. The molecule has 0 unspecified atom stereocenters. The van der Waals surface area contributed by atoms with E-state index in [2.05, 4.69) is 20.9 Å². The Hall–Kier alpha value is -2.51. The van der Waals surface area contributed by atoms with Gasteiger partial charge >= 0.3 is 0 Å². The van der Waals surface area contributed by atoms with Gasteiger partial charge in [-0.1, -0.05) is 41.6 Å². The quantitative estimate of drug-likeness (QED) is 0.750. The Balaban J connectivity index is 1.44. The van der Waals surface area contributed by atoms with Gasteiger partial charge in [0, 0.05) is 16.3 Å². The van der Waals surface area contributed by atoms with Gasteiger partial charge in [-0.25, -0.2) is 4.68 Å². The number of carbonyl (C=O) groups excluding carboxylic acids is 1. The third kappa shape index (κ3) is 2.95. The Morgan fingerprint density at radius 2 is 2.08 bits per heavy atom. The molecule has 0 aliphatic carbocycles. The third-order valence-corrected chi connectivity index (χ3v) is 4.89. The zero-order valence-electron chi connectivity index (χ0n) is 12.3. The summed E-state index contributed by atoms with van der Waals surface area (Å²) >= 11 is 7.50. The van der Waals surface area contributed by atoms with Gasteiger partial charge < -0.3 is 10.7 Å². The topological polar surface area (TPSA) is 71.8 Å². The fourth-order valence-corrected chi connectivity index (χ4v) is 3.54. The normalized spacial score (nSPS) is 15.6. The van der Waals surface area contributed by atoms with Crippen molar-refractivity contribution in [1.29, 1.82) is 0 Å². The van der Waals surface area contributed by atoms with Crippen molar-refractivity contribution in [2.24, 2.45) is 0 Å². The van der Waals surface area contributed by atoms with Crippen molar-refractivity contribution in [3.63, 3.8) is 0 Å². The summed E-state index contributed by atoms with van der Waals surface area (Å²) < 4.78 is 1.80. The number of benzene rings is 2. The SMILES string of the molecule is O=C(Nc1ccc([C@@H]2Nn3cnnc3S2)cc1)c1cccc(Cl)c1. The molecule has 0 saturated heterocycles. The number of aromatic nitrogens is 3. The number of hydrogen-bond donors (Lipinski definition) is 2. The van der Waals surface area contributed by atoms with Gasteiger partial charge in [-0.15, -0.1) is 10.2 Å². The van der Waals surface area contributed by atoms with E-state index in [4.69, 9.17) is 11.6 Å². The molecule has 0 radical (unpaired) electrons. The molecule has 24 heavy (non-hydrogen) atoms.